The second-order valence-corrected chi connectivity index (χ2v) is 6.70. The van der Waals surface area contributed by atoms with Gasteiger partial charge in [-0.3, -0.25) is 10.1 Å². The fraction of sp³-hybridized carbons (Fsp3) is 0.263. The predicted molar refractivity (Wildman–Crippen MR) is 107 cm³/mol. The van der Waals surface area contributed by atoms with Crippen LogP contribution in [0.1, 0.15) is 10.4 Å². The molecule has 8 nitrogen and oxygen atoms in total. The molecule has 4 rings (SSSR count). The summed E-state index contributed by atoms with van der Waals surface area (Å²) in [5.41, 5.74) is 1.18. The van der Waals surface area contributed by atoms with Crippen LogP contribution in [0.2, 0.25) is 5.02 Å². The molecule has 1 amide bonds. The van der Waals surface area contributed by atoms with Crippen LogP contribution in [0, 0.1) is 0 Å². The molecule has 28 heavy (non-hydrogen) atoms. The molecule has 1 saturated heterocycles. The number of nitrogens with one attached hydrogen (secondary N) is 1. The first-order chi connectivity index (χ1) is 13.6. The van der Waals surface area contributed by atoms with E-state index in [9.17, 15) is 4.79 Å². The van der Waals surface area contributed by atoms with Crippen LogP contribution in [0.25, 0.3) is 11.4 Å². The highest BCUT2D eigenvalue weighted by Crippen LogP contribution is 2.26. The number of morpholine rings is 1. The summed E-state index contributed by atoms with van der Waals surface area (Å²) in [5.74, 6) is 1.12. The number of hydrogen-bond donors (Lipinski definition) is 1. The van der Waals surface area contributed by atoms with E-state index in [0.717, 1.165) is 0 Å². The molecule has 3 aromatic rings. The Balaban J connectivity index is 1.59. The number of ether oxygens (including phenoxy) is 1. The molecule has 0 radical (unpaired) electrons. The summed E-state index contributed by atoms with van der Waals surface area (Å²) in [6.07, 6.45) is 1.68. The second-order valence-electron chi connectivity index (χ2n) is 6.29. The van der Waals surface area contributed by atoms with Crippen molar-refractivity contribution in [2.24, 2.45) is 7.05 Å². The number of aromatic nitrogens is 4. The lowest BCUT2D eigenvalue weighted by atomic mass is 10.2. The Kier molecular flexibility index (Phi) is 5.23. The predicted octanol–water partition coefficient (Wildman–Crippen LogP) is 2.62. The second kappa shape index (κ2) is 7.95. The van der Waals surface area contributed by atoms with Crippen LogP contribution in [0.4, 0.5) is 11.8 Å². The van der Waals surface area contributed by atoms with Gasteiger partial charge in [0.2, 0.25) is 5.95 Å². The maximum absolute atomic E-state index is 12.9. The molecule has 0 atom stereocenters. The van der Waals surface area contributed by atoms with E-state index in [0.29, 0.717) is 60.0 Å². The number of nitrogens with zero attached hydrogens (tertiary/aromatic N) is 5. The van der Waals surface area contributed by atoms with Gasteiger partial charge in [-0.15, -0.1) is 5.10 Å². The molecule has 0 saturated carbocycles. The number of carbonyl (C=O) groups excluding carboxylic acids is 1. The summed E-state index contributed by atoms with van der Waals surface area (Å²) in [4.78, 5) is 23.8. The molecule has 9 heteroatoms. The van der Waals surface area contributed by atoms with E-state index in [2.05, 4.69) is 20.4 Å². The number of benzene rings is 1. The Morgan fingerprint density at radius 3 is 2.75 bits per heavy atom. The van der Waals surface area contributed by atoms with Crippen LogP contribution in [0.15, 0.2) is 42.6 Å². The fourth-order valence-corrected chi connectivity index (χ4v) is 3.24. The molecular formula is C19H19ClN6O2. The molecule has 3 heterocycles. The molecule has 0 bridgehead atoms. The van der Waals surface area contributed by atoms with E-state index in [-0.39, 0.29) is 5.91 Å². The average molecular weight is 399 g/mol. The summed E-state index contributed by atoms with van der Waals surface area (Å²) in [6, 6.07) is 10.8. The highest BCUT2D eigenvalue weighted by atomic mass is 35.5. The maximum Gasteiger partial charge on any atom is 0.261 e. The summed E-state index contributed by atoms with van der Waals surface area (Å²) >= 11 is 6.23. The number of amides is 1. The molecule has 0 unspecified atom stereocenters. The molecule has 0 spiro atoms. The highest BCUT2D eigenvalue weighted by molar-refractivity contribution is 6.33. The highest BCUT2D eigenvalue weighted by Gasteiger charge is 2.21. The smallest absolute Gasteiger partial charge is 0.261 e. The van der Waals surface area contributed by atoms with Crippen molar-refractivity contribution in [1.29, 1.82) is 0 Å². The first-order valence-corrected chi connectivity index (χ1v) is 9.26. The van der Waals surface area contributed by atoms with Gasteiger partial charge in [0.25, 0.3) is 5.91 Å². The number of hydrogen-bond acceptors (Lipinski definition) is 6. The zero-order valence-corrected chi connectivity index (χ0v) is 16.1. The van der Waals surface area contributed by atoms with Gasteiger partial charge < -0.3 is 9.64 Å². The van der Waals surface area contributed by atoms with Crippen molar-refractivity contribution in [2.45, 2.75) is 0 Å². The number of aryl methyl sites for hydroxylation is 1. The van der Waals surface area contributed by atoms with Gasteiger partial charge in [0.05, 0.1) is 23.8 Å². The largest absolute Gasteiger partial charge is 0.378 e. The van der Waals surface area contributed by atoms with Gasteiger partial charge in [-0.1, -0.05) is 23.7 Å². The van der Waals surface area contributed by atoms with E-state index >= 15 is 0 Å². The number of anilines is 2. The molecule has 1 N–H and O–H groups in total. The third-order valence-corrected chi connectivity index (χ3v) is 4.77. The van der Waals surface area contributed by atoms with Crippen molar-refractivity contribution < 1.29 is 9.53 Å². The van der Waals surface area contributed by atoms with Crippen LogP contribution in [0.3, 0.4) is 0 Å². The Hall–Kier alpha value is -2.97. The zero-order valence-electron chi connectivity index (χ0n) is 15.3. The molecule has 0 aliphatic carbocycles. The minimum Gasteiger partial charge on any atom is -0.378 e. The molecular weight excluding hydrogens is 380 g/mol. The quantitative estimate of drug-likeness (QED) is 0.727. The van der Waals surface area contributed by atoms with Gasteiger partial charge in [-0.2, -0.15) is 4.98 Å². The summed E-state index contributed by atoms with van der Waals surface area (Å²) in [7, 11) is 1.72. The van der Waals surface area contributed by atoms with Crippen LogP contribution < -0.4 is 10.2 Å². The van der Waals surface area contributed by atoms with Crippen molar-refractivity contribution in [3.8, 4) is 11.4 Å². The van der Waals surface area contributed by atoms with Gasteiger partial charge in [-0.25, -0.2) is 9.67 Å². The van der Waals surface area contributed by atoms with Crippen molar-refractivity contribution in [2.75, 3.05) is 36.5 Å². The zero-order chi connectivity index (χ0) is 19.5. The number of carbonyl (C=O) groups is 1. The van der Waals surface area contributed by atoms with Gasteiger partial charge in [0.15, 0.2) is 5.82 Å². The Bertz CT molecular complexity index is 1000. The lowest BCUT2D eigenvalue weighted by Crippen LogP contribution is -2.38. The SMILES string of the molecule is Cn1nc(-c2ccccc2Cl)nc1NC(=O)c1cccnc1N1CCOCC1. The summed E-state index contributed by atoms with van der Waals surface area (Å²) in [6.45, 7) is 2.61. The lowest BCUT2D eigenvalue weighted by Gasteiger charge is -2.29. The average Bonchev–Trinajstić information content (AvgIpc) is 3.09. The van der Waals surface area contributed by atoms with E-state index in [4.69, 9.17) is 16.3 Å². The fourth-order valence-electron chi connectivity index (χ4n) is 3.02. The lowest BCUT2D eigenvalue weighted by molar-refractivity contribution is 0.102. The van der Waals surface area contributed by atoms with Crippen molar-refractivity contribution >= 4 is 29.3 Å². The van der Waals surface area contributed by atoms with E-state index in [1.54, 1.807) is 31.4 Å². The third kappa shape index (κ3) is 3.69. The first kappa shape index (κ1) is 18.4. The van der Waals surface area contributed by atoms with Crippen LogP contribution >= 0.6 is 11.6 Å². The standard InChI is InChI=1S/C19H19ClN6O2/c1-25-19(22-16(24-25)13-5-2-3-7-15(13)20)23-18(27)14-6-4-8-21-17(14)26-9-11-28-12-10-26/h2-8H,9-12H2,1H3,(H,22,23,24,27). The summed E-state index contributed by atoms with van der Waals surface area (Å²) < 4.78 is 6.90. The van der Waals surface area contributed by atoms with Gasteiger partial charge in [0.1, 0.15) is 5.82 Å². The number of pyridine rings is 1. The van der Waals surface area contributed by atoms with Gasteiger partial charge in [0, 0.05) is 31.9 Å². The minimum absolute atomic E-state index is 0.296. The van der Waals surface area contributed by atoms with Crippen molar-refractivity contribution in [3.05, 3.63) is 53.2 Å². The topological polar surface area (TPSA) is 85.2 Å². The third-order valence-electron chi connectivity index (χ3n) is 4.45. The van der Waals surface area contributed by atoms with Crippen LogP contribution in [0.5, 0.6) is 0 Å². The molecule has 1 fully saturated rings. The van der Waals surface area contributed by atoms with Gasteiger partial charge >= 0.3 is 0 Å². The van der Waals surface area contributed by atoms with E-state index in [1.807, 2.05) is 23.1 Å². The van der Waals surface area contributed by atoms with E-state index < -0.39 is 0 Å². The van der Waals surface area contributed by atoms with Crippen molar-refractivity contribution in [1.82, 2.24) is 19.7 Å². The number of rotatable bonds is 4. The summed E-state index contributed by atoms with van der Waals surface area (Å²) in [5, 5.41) is 7.74. The number of halogens is 1. The molecule has 144 valence electrons. The Morgan fingerprint density at radius 1 is 1.18 bits per heavy atom. The Labute approximate surface area is 167 Å². The first-order valence-electron chi connectivity index (χ1n) is 8.88. The molecule has 1 aromatic carbocycles. The maximum atomic E-state index is 12.9. The van der Waals surface area contributed by atoms with E-state index in [1.165, 1.54) is 4.68 Å². The Morgan fingerprint density at radius 2 is 1.96 bits per heavy atom. The van der Waals surface area contributed by atoms with Crippen molar-refractivity contribution in [3.63, 3.8) is 0 Å². The van der Waals surface area contributed by atoms with Crippen LogP contribution in [-0.2, 0) is 11.8 Å². The monoisotopic (exact) mass is 398 g/mol. The molecule has 1 aliphatic rings. The minimum atomic E-state index is -0.296. The molecule has 2 aromatic heterocycles. The van der Waals surface area contributed by atoms with Gasteiger partial charge in [-0.05, 0) is 24.3 Å². The van der Waals surface area contributed by atoms with Crippen LogP contribution in [-0.4, -0.2) is 52.0 Å². The molecule has 1 aliphatic heterocycles. The normalized spacial score (nSPS) is 14.1.